The zero-order valence-corrected chi connectivity index (χ0v) is 7.70. The molecule has 3 nitrogen and oxygen atoms in total. The Labute approximate surface area is 81.2 Å². The van der Waals surface area contributed by atoms with Gasteiger partial charge in [-0.3, -0.25) is 14.9 Å². The van der Waals surface area contributed by atoms with Gasteiger partial charge < -0.3 is 0 Å². The highest BCUT2D eigenvalue weighted by Gasteiger charge is 2.50. The third kappa shape index (κ3) is 0.687. The first-order valence-corrected chi connectivity index (χ1v) is 4.64. The number of rotatable bonds is 0. The Morgan fingerprint density at radius 1 is 1.21 bits per heavy atom. The van der Waals surface area contributed by atoms with Crippen molar-refractivity contribution in [1.82, 2.24) is 5.32 Å². The highest BCUT2D eigenvalue weighted by molar-refractivity contribution is 6.10. The summed E-state index contributed by atoms with van der Waals surface area (Å²) >= 11 is 0. The molecule has 3 rings (SSSR count). The van der Waals surface area contributed by atoms with Gasteiger partial charge in [-0.15, -0.1) is 0 Å². The van der Waals surface area contributed by atoms with E-state index in [4.69, 9.17) is 0 Å². The Balaban J connectivity index is 2.20. The fraction of sp³-hybridized carbons (Fsp3) is 0.273. The number of hydrogen-bond donors (Lipinski definition) is 1. The van der Waals surface area contributed by atoms with Crippen molar-refractivity contribution in [3.63, 3.8) is 0 Å². The Morgan fingerprint density at radius 3 is 2.71 bits per heavy atom. The number of hydrogen-bond acceptors (Lipinski definition) is 2. The number of carbonyl (C=O) groups is 2. The van der Waals surface area contributed by atoms with E-state index in [0.717, 1.165) is 16.7 Å². The molecule has 3 heteroatoms. The molecular formula is C11H9NO2. The molecule has 1 fully saturated rings. The summed E-state index contributed by atoms with van der Waals surface area (Å²) in [5.41, 5.74) is 3.12. The van der Waals surface area contributed by atoms with Crippen LogP contribution in [0.2, 0.25) is 0 Å². The third-order valence-electron chi connectivity index (χ3n) is 3.22. The molecule has 2 atom stereocenters. The van der Waals surface area contributed by atoms with Crippen LogP contribution in [0.15, 0.2) is 34.9 Å². The van der Waals surface area contributed by atoms with E-state index in [1.165, 1.54) is 0 Å². The predicted molar refractivity (Wildman–Crippen MR) is 50.1 cm³/mol. The maximum atomic E-state index is 11.5. The summed E-state index contributed by atoms with van der Waals surface area (Å²) in [6, 6.07) is 0. The molecule has 1 N–H and O–H groups in total. The highest BCUT2D eigenvalue weighted by Crippen LogP contribution is 2.46. The number of amides is 2. The molecule has 0 bridgehead atoms. The molecule has 70 valence electrons. The summed E-state index contributed by atoms with van der Waals surface area (Å²) in [6.45, 7) is 1.93. The SMILES string of the molecule is CC1=C2C=CC=C2[C@@H]2C(=O)NC(=O)[C@H]12. The van der Waals surface area contributed by atoms with Gasteiger partial charge in [-0.1, -0.05) is 23.8 Å². The van der Waals surface area contributed by atoms with Crippen molar-refractivity contribution < 1.29 is 9.59 Å². The zero-order chi connectivity index (χ0) is 9.87. The molecule has 3 aliphatic rings. The summed E-state index contributed by atoms with van der Waals surface area (Å²) in [4.78, 5) is 23.0. The summed E-state index contributed by atoms with van der Waals surface area (Å²) in [5.74, 6) is -0.792. The van der Waals surface area contributed by atoms with E-state index in [9.17, 15) is 9.59 Å². The number of imide groups is 1. The van der Waals surface area contributed by atoms with Crippen LogP contribution in [0.4, 0.5) is 0 Å². The van der Waals surface area contributed by atoms with Crippen LogP contribution in [-0.2, 0) is 9.59 Å². The molecular weight excluding hydrogens is 178 g/mol. The van der Waals surface area contributed by atoms with E-state index in [-0.39, 0.29) is 23.7 Å². The average Bonchev–Trinajstić information content (AvgIpc) is 2.72. The van der Waals surface area contributed by atoms with Crippen molar-refractivity contribution in [3.8, 4) is 0 Å². The summed E-state index contributed by atoms with van der Waals surface area (Å²) in [6.07, 6.45) is 5.84. The molecule has 2 amide bonds. The minimum absolute atomic E-state index is 0.145. The van der Waals surface area contributed by atoms with Gasteiger partial charge in [0.05, 0.1) is 11.8 Å². The molecule has 0 aromatic rings. The number of nitrogens with one attached hydrogen (secondary N) is 1. The van der Waals surface area contributed by atoms with Gasteiger partial charge in [0.15, 0.2) is 0 Å². The molecule has 2 aliphatic carbocycles. The maximum Gasteiger partial charge on any atom is 0.235 e. The lowest BCUT2D eigenvalue weighted by molar-refractivity contribution is -0.125. The van der Waals surface area contributed by atoms with Crippen molar-refractivity contribution >= 4 is 11.8 Å². The number of fused-ring (bicyclic) bond motifs is 3. The Kier molecular flexibility index (Phi) is 1.23. The van der Waals surface area contributed by atoms with E-state index in [0.29, 0.717) is 0 Å². The van der Waals surface area contributed by atoms with Crippen LogP contribution in [0, 0.1) is 11.8 Å². The monoisotopic (exact) mass is 187 g/mol. The second-order valence-electron chi connectivity index (χ2n) is 3.89. The zero-order valence-electron chi connectivity index (χ0n) is 7.70. The first kappa shape index (κ1) is 7.74. The van der Waals surface area contributed by atoms with Crippen LogP contribution in [0.5, 0.6) is 0 Å². The molecule has 14 heavy (non-hydrogen) atoms. The van der Waals surface area contributed by atoms with Gasteiger partial charge in [-0.05, 0) is 18.1 Å². The Morgan fingerprint density at radius 2 is 1.93 bits per heavy atom. The topological polar surface area (TPSA) is 46.2 Å². The molecule has 0 saturated carbocycles. The fourth-order valence-electron chi connectivity index (χ4n) is 2.58. The predicted octanol–water partition coefficient (Wildman–Crippen LogP) is 0.701. The summed E-state index contributed by atoms with van der Waals surface area (Å²) in [5, 5.41) is 2.38. The Bertz CT molecular complexity index is 454. The first-order valence-electron chi connectivity index (χ1n) is 4.64. The normalized spacial score (nSPS) is 33.4. The van der Waals surface area contributed by atoms with Gasteiger partial charge in [0.1, 0.15) is 0 Å². The quantitative estimate of drug-likeness (QED) is 0.567. The van der Waals surface area contributed by atoms with Crippen LogP contribution in [0.3, 0.4) is 0 Å². The van der Waals surface area contributed by atoms with Crippen molar-refractivity contribution in [2.75, 3.05) is 0 Å². The number of allylic oxidation sites excluding steroid dienone is 4. The lowest BCUT2D eigenvalue weighted by Crippen LogP contribution is -2.23. The largest absolute Gasteiger partial charge is 0.295 e. The molecule has 0 spiro atoms. The van der Waals surface area contributed by atoms with E-state index >= 15 is 0 Å². The highest BCUT2D eigenvalue weighted by atomic mass is 16.2. The fourth-order valence-corrected chi connectivity index (χ4v) is 2.58. The van der Waals surface area contributed by atoms with Crippen LogP contribution < -0.4 is 5.32 Å². The third-order valence-corrected chi connectivity index (χ3v) is 3.22. The molecule has 0 radical (unpaired) electrons. The van der Waals surface area contributed by atoms with Gasteiger partial charge in [-0.25, -0.2) is 0 Å². The lowest BCUT2D eigenvalue weighted by atomic mass is 9.92. The van der Waals surface area contributed by atoms with Crippen molar-refractivity contribution in [3.05, 3.63) is 34.9 Å². The Hall–Kier alpha value is -1.64. The molecule has 1 saturated heterocycles. The van der Waals surface area contributed by atoms with E-state index in [1.54, 1.807) is 0 Å². The van der Waals surface area contributed by atoms with Gasteiger partial charge in [0.25, 0.3) is 0 Å². The molecule has 1 heterocycles. The summed E-state index contributed by atoms with van der Waals surface area (Å²) < 4.78 is 0. The molecule has 0 aromatic carbocycles. The second-order valence-corrected chi connectivity index (χ2v) is 3.89. The molecule has 0 aromatic heterocycles. The van der Waals surface area contributed by atoms with E-state index in [2.05, 4.69) is 5.32 Å². The van der Waals surface area contributed by atoms with Gasteiger partial charge in [0.2, 0.25) is 11.8 Å². The maximum absolute atomic E-state index is 11.5. The van der Waals surface area contributed by atoms with Gasteiger partial charge in [-0.2, -0.15) is 0 Å². The molecule has 0 unspecified atom stereocenters. The minimum Gasteiger partial charge on any atom is -0.295 e. The van der Waals surface area contributed by atoms with Crippen LogP contribution >= 0.6 is 0 Å². The average molecular weight is 187 g/mol. The number of carbonyl (C=O) groups excluding carboxylic acids is 2. The van der Waals surface area contributed by atoms with Crippen LogP contribution in [0.1, 0.15) is 6.92 Å². The lowest BCUT2D eigenvalue weighted by Gasteiger charge is -2.05. The summed E-state index contributed by atoms with van der Waals surface area (Å²) in [7, 11) is 0. The van der Waals surface area contributed by atoms with Crippen molar-refractivity contribution in [2.45, 2.75) is 6.92 Å². The smallest absolute Gasteiger partial charge is 0.235 e. The van der Waals surface area contributed by atoms with Crippen LogP contribution in [0.25, 0.3) is 0 Å². The van der Waals surface area contributed by atoms with E-state index in [1.807, 2.05) is 25.2 Å². The van der Waals surface area contributed by atoms with Gasteiger partial charge in [0, 0.05) is 0 Å². The molecule has 1 aliphatic heterocycles. The second kappa shape index (κ2) is 2.23. The first-order chi connectivity index (χ1) is 6.70. The van der Waals surface area contributed by atoms with E-state index < -0.39 is 0 Å². The van der Waals surface area contributed by atoms with Crippen molar-refractivity contribution in [2.24, 2.45) is 11.8 Å². The van der Waals surface area contributed by atoms with Crippen molar-refractivity contribution in [1.29, 1.82) is 0 Å². The van der Waals surface area contributed by atoms with Crippen LogP contribution in [-0.4, -0.2) is 11.8 Å². The van der Waals surface area contributed by atoms with Gasteiger partial charge >= 0.3 is 0 Å². The standard InChI is InChI=1S/C11H9NO2/c1-5-6-3-2-4-7(6)9-8(5)10(13)12-11(9)14/h2-4,8-9H,1H3,(H,12,13,14)/t8-,9+/m1/s1. The minimum atomic E-state index is -0.257.